The molecule has 3 rings (SSSR count). The second-order valence-corrected chi connectivity index (χ2v) is 8.31. The Labute approximate surface area is 190 Å². The average Bonchev–Trinajstić information content (AvgIpc) is 2.78. The summed E-state index contributed by atoms with van der Waals surface area (Å²) in [7, 11) is 1.48. The number of methoxy groups -OCH3 is 1. The van der Waals surface area contributed by atoms with E-state index in [1.54, 1.807) is 17.0 Å². The van der Waals surface area contributed by atoms with Gasteiger partial charge in [-0.15, -0.1) is 0 Å². The minimum Gasteiger partial charge on any atom is -0.493 e. The van der Waals surface area contributed by atoms with Crippen molar-refractivity contribution < 1.29 is 27.8 Å². The van der Waals surface area contributed by atoms with Gasteiger partial charge in [-0.05, 0) is 36.2 Å². The van der Waals surface area contributed by atoms with Crippen molar-refractivity contribution in [2.24, 2.45) is 5.92 Å². The summed E-state index contributed by atoms with van der Waals surface area (Å²) in [6.45, 7) is 5.59. The van der Waals surface area contributed by atoms with Crippen LogP contribution < -0.4 is 9.47 Å². The first kappa shape index (κ1) is 23.8. The van der Waals surface area contributed by atoms with E-state index in [0.29, 0.717) is 42.7 Å². The predicted octanol–water partition coefficient (Wildman–Crippen LogP) is 4.26. The molecule has 0 atom stereocenters. The first-order valence-corrected chi connectivity index (χ1v) is 10.6. The van der Waals surface area contributed by atoms with Gasteiger partial charge >= 0.3 is 0 Å². The molecule has 0 bridgehead atoms. The third-order valence-electron chi connectivity index (χ3n) is 5.06. The van der Waals surface area contributed by atoms with Gasteiger partial charge < -0.3 is 19.3 Å². The fourth-order valence-electron chi connectivity index (χ4n) is 3.34. The Morgan fingerprint density at radius 1 is 0.969 bits per heavy atom. The first-order chi connectivity index (χ1) is 15.2. The second kappa shape index (κ2) is 10.2. The normalized spacial score (nSPS) is 14.0. The van der Waals surface area contributed by atoms with Gasteiger partial charge in [-0.1, -0.05) is 25.4 Å². The van der Waals surface area contributed by atoms with Crippen LogP contribution >= 0.6 is 11.6 Å². The van der Waals surface area contributed by atoms with Gasteiger partial charge in [-0.2, -0.15) is 0 Å². The van der Waals surface area contributed by atoms with Gasteiger partial charge in [0.05, 0.1) is 18.7 Å². The van der Waals surface area contributed by atoms with Gasteiger partial charge in [0, 0.05) is 37.3 Å². The van der Waals surface area contributed by atoms with Crippen LogP contribution in [0.5, 0.6) is 11.5 Å². The molecular weight excluding hydrogens is 442 g/mol. The van der Waals surface area contributed by atoms with Crippen molar-refractivity contribution >= 4 is 23.4 Å². The van der Waals surface area contributed by atoms with E-state index in [2.05, 4.69) is 0 Å². The number of carbonyl (C=O) groups excluding carboxylic acids is 2. The lowest BCUT2D eigenvalue weighted by atomic mass is 10.1. The van der Waals surface area contributed by atoms with E-state index in [4.69, 9.17) is 21.1 Å². The van der Waals surface area contributed by atoms with Crippen molar-refractivity contribution in [1.29, 1.82) is 0 Å². The summed E-state index contributed by atoms with van der Waals surface area (Å²) in [6.07, 6.45) is 0. The fraction of sp³-hybridized carbons (Fsp3) is 0.391. The third kappa shape index (κ3) is 5.30. The SMILES string of the molecule is COc1cc(C(=O)N2CCN(C(=O)c3ccc(F)c(F)c3)CC2)cc(Cl)c1OCC(C)C. The van der Waals surface area contributed by atoms with Crippen LogP contribution in [0.25, 0.3) is 0 Å². The van der Waals surface area contributed by atoms with E-state index in [1.165, 1.54) is 18.1 Å². The Kier molecular flexibility index (Phi) is 7.56. The van der Waals surface area contributed by atoms with E-state index in [-0.39, 0.29) is 29.6 Å². The number of benzene rings is 2. The summed E-state index contributed by atoms with van der Waals surface area (Å²) < 4.78 is 37.6. The summed E-state index contributed by atoms with van der Waals surface area (Å²) in [5.41, 5.74) is 0.418. The molecule has 0 saturated carbocycles. The van der Waals surface area contributed by atoms with E-state index < -0.39 is 17.5 Å². The van der Waals surface area contributed by atoms with Crippen LogP contribution in [0.2, 0.25) is 5.02 Å². The van der Waals surface area contributed by atoms with Crippen molar-refractivity contribution in [2.75, 3.05) is 39.9 Å². The van der Waals surface area contributed by atoms with Crippen molar-refractivity contribution in [3.8, 4) is 11.5 Å². The molecule has 1 saturated heterocycles. The lowest BCUT2D eigenvalue weighted by Gasteiger charge is -2.35. The minimum atomic E-state index is -1.07. The Hall–Kier alpha value is -2.87. The number of piperazine rings is 1. The van der Waals surface area contributed by atoms with Crippen LogP contribution in [0, 0.1) is 17.6 Å². The lowest BCUT2D eigenvalue weighted by molar-refractivity contribution is 0.0535. The first-order valence-electron chi connectivity index (χ1n) is 10.2. The highest BCUT2D eigenvalue weighted by molar-refractivity contribution is 6.32. The molecule has 0 aliphatic carbocycles. The summed E-state index contributed by atoms with van der Waals surface area (Å²) in [5, 5.41) is 0.278. The number of rotatable bonds is 6. The maximum Gasteiger partial charge on any atom is 0.254 e. The number of carbonyl (C=O) groups is 2. The molecule has 0 aromatic heterocycles. The van der Waals surface area contributed by atoms with Crippen LogP contribution in [0.4, 0.5) is 8.78 Å². The lowest BCUT2D eigenvalue weighted by Crippen LogP contribution is -2.50. The highest BCUT2D eigenvalue weighted by Gasteiger charge is 2.27. The summed E-state index contributed by atoms with van der Waals surface area (Å²) >= 11 is 6.35. The molecule has 1 fully saturated rings. The number of ether oxygens (including phenoxy) is 2. The molecule has 0 unspecified atom stereocenters. The Bertz CT molecular complexity index is 1010. The Balaban J connectivity index is 1.67. The van der Waals surface area contributed by atoms with Crippen molar-refractivity contribution in [3.05, 3.63) is 58.1 Å². The topological polar surface area (TPSA) is 59.1 Å². The smallest absolute Gasteiger partial charge is 0.254 e. The number of amides is 2. The monoisotopic (exact) mass is 466 g/mol. The highest BCUT2D eigenvalue weighted by Crippen LogP contribution is 2.37. The maximum atomic E-state index is 13.4. The zero-order valence-electron chi connectivity index (χ0n) is 18.2. The third-order valence-corrected chi connectivity index (χ3v) is 5.34. The molecule has 0 N–H and O–H groups in total. The summed E-state index contributed by atoms with van der Waals surface area (Å²) in [6, 6.07) is 6.18. The van der Waals surface area contributed by atoms with Crippen LogP contribution in [0.15, 0.2) is 30.3 Å². The summed E-state index contributed by atoms with van der Waals surface area (Å²) in [4.78, 5) is 28.7. The van der Waals surface area contributed by atoms with Gasteiger partial charge in [-0.3, -0.25) is 9.59 Å². The van der Waals surface area contributed by atoms with E-state index in [9.17, 15) is 18.4 Å². The maximum absolute atomic E-state index is 13.4. The van der Waals surface area contributed by atoms with Crippen LogP contribution in [-0.4, -0.2) is 61.5 Å². The standard InChI is InChI=1S/C23H25ClF2N2O4/c1-14(2)13-32-21-17(24)10-16(12-20(21)31-3)23(30)28-8-6-27(7-9-28)22(29)15-4-5-18(25)19(26)11-15/h4-5,10-12,14H,6-9,13H2,1-3H3. The van der Waals surface area contributed by atoms with Gasteiger partial charge in [0.15, 0.2) is 23.1 Å². The van der Waals surface area contributed by atoms with Crippen LogP contribution in [-0.2, 0) is 0 Å². The highest BCUT2D eigenvalue weighted by atomic mass is 35.5. The molecular formula is C23H25ClF2N2O4. The molecule has 2 amide bonds. The summed E-state index contributed by atoms with van der Waals surface area (Å²) in [5.74, 6) is -1.69. The molecule has 6 nitrogen and oxygen atoms in total. The van der Waals surface area contributed by atoms with Crippen molar-refractivity contribution in [1.82, 2.24) is 9.80 Å². The molecule has 2 aromatic carbocycles. The molecule has 1 heterocycles. The number of hydrogen-bond donors (Lipinski definition) is 0. The number of nitrogens with zero attached hydrogens (tertiary/aromatic N) is 2. The number of hydrogen-bond acceptors (Lipinski definition) is 4. The fourth-order valence-corrected chi connectivity index (χ4v) is 3.61. The minimum absolute atomic E-state index is 0.0668. The molecule has 9 heteroatoms. The second-order valence-electron chi connectivity index (χ2n) is 7.91. The van der Waals surface area contributed by atoms with Gasteiger partial charge in [0.1, 0.15) is 0 Å². The van der Waals surface area contributed by atoms with Gasteiger partial charge in [0.25, 0.3) is 11.8 Å². The molecule has 32 heavy (non-hydrogen) atoms. The molecule has 0 radical (unpaired) electrons. The zero-order valence-corrected chi connectivity index (χ0v) is 18.9. The van der Waals surface area contributed by atoms with Gasteiger partial charge in [-0.25, -0.2) is 8.78 Å². The Morgan fingerprint density at radius 2 is 1.56 bits per heavy atom. The van der Waals surface area contributed by atoms with Crippen LogP contribution in [0.3, 0.4) is 0 Å². The van der Waals surface area contributed by atoms with E-state index >= 15 is 0 Å². The van der Waals surface area contributed by atoms with E-state index in [1.807, 2.05) is 13.8 Å². The molecule has 1 aliphatic rings. The van der Waals surface area contributed by atoms with Crippen LogP contribution in [0.1, 0.15) is 34.6 Å². The molecule has 0 spiro atoms. The molecule has 2 aromatic rings. The van der Waals surface area contributed by atoms with Gasteiger partial charge in [0.2, 0.25) is 0 Å². The molecule has 172 valence electrons. The largest absolute Gasteiger partial charge is 0.493 e. The van der Waals surface area contributed by atoms with Crippen molar-refractivity contribution in [2.45, 2.75) is 13.8 Å². The molecule has 1 aliphatic heterocycles. The number of halogens is 3. The van der Waals surface area contributed by atoms with E-state index in [0.717, 1.165) is 12.1 Å². The van der Waals surface area contributed by atoms with Crippen molar-refractivity contribution in [3.63, 3.8) is 0 Å². The average molecular weight is 467 g/mol. The zero-order chi connectivity index (χ0) is 23.4. The quantitative estimate of drug-likeness (QED) is 0.638. The predicted molar refractivity (Wildman–Crippen MR) is 117 cm³/mol. The Morgan fingerprint density at radius 3 is 2.09 bits per heavy atom.